The third-order valence-electron chi connectivity index (χ3n) is 3.68. The minimum atomic E-state index is -0.522. The number of likely N-dealkylation sites (N-methyl/N-ethyl adjacent to an activating group) is 1. The van der Waals surface area contributed by atoms with E-state index in [1.165, 1.54) is 0 Å². The van der Waals surface area contributed by atoms with E-state index in [-0.39, 0.29) is 0 Å². The molecule has 0 aliphatic carbocycles. The predicted molar refractivity (Wildman–Crippen MR) is 84.2 cm³/mol. The molecule has 1 fully saturated rings. The van der Waals surface area contributed by atoms with Crippen LogP contribution in [0.25, 0.3) is 0 Å². The zero-order valence-electron chi connectivity index (χ0n) is 12.2. The van der Waals surface area contributed by atoms with Gasteiger partial charge in [0.25, 0.3) is 0 Å². The third kappa shape index (κ3) is 4.45. The topological polar surface area (TPSA) is 35.9 Å². The van der Waals surface area contributed by atoms with Crippen LogP contribution in [0.15, 0.2) is 22.7 Å². The molecule has 0 aromatic heterocycles. The molecule has 4 nitrogen and oxygen atoms in total. The van der Waals surface area contributed by atoms with Crippen molar-refractivity contribution in [2.24, 2.45) is 0 Å². The number of piperazine rings is 1. The Balaban J connectivity index is 1.85. The molecule has 112 valence electrons. The molecular formula is C15H23BrN2O2. The van der Waals surface area contributed by atoms with Crippen LogP contribution >= 0.6 is 15.9 Å². The molecule has 0 bridgehead atoms. The Bertz CT molecular complexity index is 432. The smallest absolute Gasteiger partial charge is 0.125 e. The van der Waals surface area contributed by atoms with Gasteiger partial charge in [-0.2, -0.15) is 0 Å². The van der Waals surface area contributed by atoms with Crippen LogP contribution in [-0.4, -0.2) is 61.3 Å². The van der Waals surface area contributed by atoms with Crippen LogP contribution in [0.4, 0.5) is 0 Å². The highest BCUT2D eigenvalue weighted by Gasteiger charge is 2.14. The number of halogens is 1. The van der Waals surface area contributed by atoms with Gasteiger partial charge in [0.1, 0.15) is 12.4 Å². The number of aliphatic hydroxyl groups excluding tert-OH is 1. The number of benzene rings is 1. The molecule has 5 heteroatoms. The second-order valence-corrected chi connectivity index (χ2v) is 6.27. The van der Waals surface area contributed by atoms with E-state index in [0.29, 0.717) is 6.61 Å². The van der Waals surface area contributed by atoms with Gasteiger partial charge in [0.05, 0.1) is 6.10 Å². The van der Waals surface area contributed by atoms with Crippen LogP contribution in [0.2, 0.25) is 0 Å². The summed E-state index contributed by atoms with van der Waals surface area (Å²) in [6, 6.07) is 5.77. The fourth-order valence-electron chi connectivity index (χ4n) is 2.33. The van der Waals surface area contributed by atoms with E-state index in [0.717, 1.165) is 48.5 Å². The van der Waals surface area contributed by atoms with Crippen molar-refractivity contribution in [1.82, 2.24) is 9.80 Å². The Morgan fingerprint density at radius 3 is 2.65 bits per heavy atom. The van der Waals surface area contributed by atoms with Gasteiger partial charge in [0.2, 0.25) is 0 Å². The van der Waals surface area contributed by atoms with Gasteiger partial charge in [-0.1, -0.05) is 15.9 Å². The highest BCUT2D eigenvalue weighted by molar-refractivity contribution is 9.10. The summed E-state index contributed by atoms with van der Waals surface area (Å²) in [4.78, 5) is 4.76. The molecule has 1 N–H and O–H groups in total. The lowest BCUT2D eigenvalue weighted by Gasteiger charge is -2.32. The first-order chi connectivity index (χ1) is 9.56. The average molecular weight is 343 g/mol. The highest BCUT2D eigenvalue weighted by Crippen LogP contribution is 2.28. The summed E-state index contributed by atoms with van der Waals surface area (Å²) >= 11 is 3.42. The number of aliphatic hydroxyl groups is 1. The Hall–Kier alpha value is -0.620. The first kappa shape index (κ1) is 15.8. The van der Waals surface area contributed by atoms with E-state index < -0.39 is 6.10 Å². The summed E-state index contributed by atoms with van der Waals surface area (Å²) in [5.41, 5.74) is 0.831. The lowest BCUT2D eigenvalue weighted by molar-refractivity contribution is 0.131. The van der Waals surface area contributed by atoms with Crippen LogP contribution < -0.4 is 4.74 Å². The lowest BCUT2D eigenvalue weighted by Crippen LogP contribution is -2.45. The Kier molecular flexibility index (Phi) is 5.84. The fourth-order valence-corrected chi connectivity index (χ4v) is 2.71. The van der Waals surface area contributed by atoms with Crippen LogP contribution in [0.5, 0.6) is 5.75 Å². The molecule has 1 atom stereocenters. The molecule has 0 radical (unpaired) electrons. The molecular weight excluding hydrogens is 320 g/mol. The number of hydrogen-bond donors (Lipinski definition) is 1. The highest BCUT2D eigenvalue weighted by atomic mass is 79.9. The van der Waals surface area contributed by atoms with E-state index >= 15 is 0 Å². The monoisotopic (exact) mass is 342 g/mol. The van der Waals surface area contributed by atoms with Crippen molar-refractivity contribution in [2.45, 2.75) is 13.0 Å². The van der Waals surface area contributed by atoms with E-state index in [1.54, 1.807) is 6.92 Å². The molecule has 0 amide bonds. The maximum atomic E-state index is 9.79. The number of ether oxygens (including phenoxy) is 1. The average Bonchev–Trinajstić information content (AvgIpc) is 2.42. The quantitative estimate of drug-likeness (QED) is 0.889. The number of nitrogens with zero attached hydrogens (tertiary/aromatic N) is 2. The molecule has 0 saturated carbocycles. The van der Waals surface area contributed by atoms with Gasteiger partial charge in [-0.3, -0.25) is 4.90 Å². The first-order valence-corrected chi connectivity index (χ1v) is 7.87. The van der Waals surface area contributed by atoms with E-state index in [2.05, 4.69) is 32.8 Å². The van der Waals surface area contributed by atoms with Gasteiger partial charge in [-0.05, 0) is 32.2 Å². The van der Waals surface area contributed by atoms with Crippen molar-refractivity contribution in [1.29, 1.82) is 0 Å². The minimum absolute atomic E-state index is 0.522. The summed E-state index contributed by atoms with van der Waals surface area (Å²) in [5, 5.41) is 9.79. The molecule has 20 heavy (non-hydrogen) atoms. The maximum absolute atomic E-state index is 9.79. The van der Waals surface area contributed by atoms with Crippen molar-refractivity contribution < 1.29 is 9.84 Å². The molecule has 1 aromatic rings. The van der Waals surface area contributed by atoms with Crippen molar-refractivity contribution in [3.63, 3.8) is 0 Å². The van der Waals surface area contributed by atoms with Gasteiger partial charge >= 0.3 is 0 Å². The van der Waals surface area contributed by atoms with Gasteiger partial charge in [0, 0.05) is 42.8 Å². The third-order valence-corrected chi connectivity index (χ3v) is 4.18. The second-order valence-electron chi connectivity index (χ2n) is 5.35. The molecule has 2 rings (SSSR count). The van der Waals surface area contributed by atoms with E-state index in [1.807, 2.05) is 18.2 Å². The van der Waals surface area contributed by atoms with Crippen LogP contribution in [0, 0.1) is 0 Å². The van der Waals surface area contributed by atoms with Crippen molar-refractivity contribution in [3.05, 3.63) is 28.2 Å². The van der Waals surface area contributed by atoms with Crippen molar-refractivity contribution in [3.8, 4) is 5.75 Å². The van der Waals surface area contributed by atoms with Crippen LogP contribution in [0.3, 0.4) is 0 Å². The molecule has 1 aromatic carbocycles. The largest absolute Gasteiger partial charge is 0.492 e. The summed E-state index contributed by atoms with van der Waals surface area (Å²) in [6.45, 7) is 7.80. The predicted octanol–water partition coefficient (Wildman–Crippen LogP) is 2.13. The zero-order valence-corrected chi connectivity index (χ0v) is 13.8. The van der Waals surface area contributed by atoms with Crippen molar-refractivity contribution >= 4 is 15.9 Å². The lowest BCUT2D eigenvalue weighted by atomic mass is 10.1. The first-order valence-electron chi connectivity index (χ1n) is 7.07. The van der Waals surface area contributed by atoms with Gasteiger partial charge < -0.3 is 14.7 Å². The SMILES string of the molecule is C[C@H](O)c1cc(Br)ccc1OCCN1CCN(C)CC1. The molecule has 0 unspecified atom stereocenters. The second kappa shape index (κ2) is 7.41. The normalized spacial score (nSPS) is 19.0. The van der Waals surface area contributed by atoms with Crippen LogP contribution in [0.1, 0.15) is 18.6 Å². The van der Waals surface area contributed by atoms with E-state index in [4.69, 9.17) is 4.74 Å². The summed E-state index contributed by atoms with van der Waals surface area (Å²) in [5.74, 6) is 0.775. The Morgan fingerprint density at radius 1 is 1.30 bits per heavy atom. The standard InChI is InChI=1S/C15H23BrN2O2/c1-12(19)14-11-13(16)3-4-15(14)20-10-9-18-7-5-17(2)6-8-18/h3-4,11-12,19H,5-10H2,1-2H3/t12-/m0/s1. The van der Waals surface area contributed by atoms with E-state index in [9.17, 15) is 5.11 Å². The van der Waals surface area contributed by atoms with Gasteiger partial charge in [-0.25, -0.2) is 0 Å². The molecule has 1 aliphatic heterocycles. The molecule has 1 aliphatic rings. The van der Waals surface area contributed by atoms with Crippen molar-refractivity contribution in [2.75, 3.05) is 46.4 Å². The van der Waals surface area contributed by atoms with Gasteiger partial charge in [0.15, 0.2) is 0 Å². The molecule has 1 saturated heterocycles. The Morgan fingerprint density at radius 2 is 2.00 bits per heavy atom. The summed E-state index contributed by atoms with van der Waals surface area (Å²) in [7, 11) is 2.16. The Labute approximate surface area is 129 Å². The molecule has 0 spiro atoms. The zero-order chi connectivity index (χ0) is 14.5. The fraction of sp³-hybridized carbons (Fsp3) is 0.600. The van der Waals surface area contributed by atoms with Gasteiger partial charge in [-0.15, -0.1) is 0 Å². The summed E-state index contributed by atoms with van der Waals surface area (Å²) < 4.78 is 6.81. The minimum Gasteiger partial charge on any atom is -0.492 e. The summed E-state index contributed by atoms with van der Waals surface area (Å²) in [6.07, 6.45) is -0.522. The maximum Gasteiger partial charge on any atom is 0.125 e. The number of rotatable bonds is 5. The van der Waals surface area contributed by atoms with Crippen LogP contribution in [-0.2, 0) is 0 Å². The molecule has 1 heterocycles. The number of hydrogen-bond acceptors (Lipinski definition) is 4.